The molecule has 1 aliphatic rings. The lowest BCUT2D eigenvalue weighted by Gasteiger charge is -2.38. The van der Waals surface area contributed by atoms with Crippen LogP contribution in [0.5, 0.6) is 0 Å². The van der Waals surface area contributed by atoms with Crippen LogP contribution in [0.1, 0.15) is 39.3 Å². The summed E-state index contributed by atoms with van der Waals surface area (Å²) < 4.78 is 35.3. The van der Waals surface area contributed by atoms with Crippen LogP contribution < -0.4 is 9.62 Å². The zero-order valence-corrected chi connectivity index (χ0v) is 25.6. The van der Waals surface area contributed by atoms with Crippen molar-refractivity contribution in [2.45, 2.75) is 64.3 Å². The van der Waals surface area contributed by atoms with Crippen molar-refractivity contribution < 1.29 is 33.6 Å². The summed E-state index contributed by atoms with van der Waals surface area (Å²) in [4.78, 5) is 1.87. The number of ether oxygens (including phenoxy) is 1. The Hall–Kier alpha value is -3.28. The zero-order valence-electron chi connectivity index (χ0n) is 24.8. The van der Waals surface area contributed by atoms with E-state index in [0.717, 1.165) is 48.0 Å². The maximum atomic E-state index is 13.1. The predicted octanol–water partition coefficient (Wildman–Crippen LogP) is 2.45. The van der Waals surface area contributed by atoms with Gasteiger partial charge in [0.2, 0.25) is 0 Å². The normalized spacial score (nSPS) is 23.2. The average Bonchev–Trinajstić information content (AvgIpc) is 3.37. The third kappa shape index (κ3) is 6.78. The molecule has 1 saturated heterocycles. The Morgan fingerprint density at radius 2 is 1.63 bits per heavy atom. The van der Waals surface area contributed by atoms with E-state index < -0.39 is 52.2 Å². The van der Waals surface area contributed by atoms with Crippen LogP contribution in [0.4, 0.5) is 5.69 Å². The summed E-state index contributed by atoms with van der Waals surface area (Å²) in [7, 11) is -2.58. The Morgan fingerprint density at radius 1 is 0.977 bits per heavy atom. The molecule has 1 unspecified atom stereocenters. The van der Waals surface area contributed by atoms with E-state index in [1.54, 1.807) is 19.2 Å². The molecular weight excluding hydrogens is 572 g/mol. The Morgan fingerprint density at radius 3 is 2.28 bits per heavy atom. The smallest absolute Gasteiger partial charge is 0.251 e. The van der Waals surface area contributed by atoms with Gasteiger partial charge < -0.3 is 34.6 Å². The van der Waals surface area contributed by atoms with E-state index >= 15 is 0 Å². The minimum absolute atomic E-state index is 0.210. The lowest BCUT2D eigenvalue weighted by Crippen LogP contribution is -2.60. The molecule has 12 heteroatoms. The van der Waals surface area contributed by atoms with Gasteiger partial charge in [-0.2, -0.15) is 5.26 Å². The van der Waals surface area contributed by atoms with E-state index in [4.69, 9.17) is 4.74 Å². The molecule has 0 amide bonds. The summed E-state index contributed by atoms with van der Waals surface area (Å²) >= 11 is 0. The van der Waals surface area contributed by atoms with Gasteiger partial charge in [-0.25, -0.2) is 13.1 Å². The van der Waals surface area contributed by atoms with Crippen molar-refractivity contribution in [2.24, 2.45) is 7.05 Å². The first-order valence-corrected chi connectivity index (χ1v) is 15.8. The minimum atomic E-state index is -4.38. The first-order chi connectivity index (χ1) is 20.4. The van der Waals surface area contributed by atoms with Crippen molar-refractivity contribution in [3.63, 3.8) is 0 Å². The summed E-state index contributed by atoms with van der Waals surface area (Å²) in [5.74, 6) is 0. The third-order valence-electron chi connectivity index (χ3n) is 7.85. The molecule has 0 spiro atoms. The van der Waals surface area contributed by atoms with Crippen LogP contribution in [-0.4, -0.2) is 83.8 Å². The third-order valence-corrected chi connectivity index (χ3v) is 9.33. The minimum Gasteiger partial charge on any atom is -0.388 e. The van der Waals surface area contributed by atoms with Crippen molar-refractivity contribution in [1.82, 2.24) is 9.29 Å². The fourth-order valence-electron chi connectivity index (χ4n) is 5.50. The molecule has 0 aliphatic carbocycles. The summed E-state index contributed by atoms with van der Waals surface area (Å²) in [6.45, 7) is 7.34. The number of hydrogen-bond donors (Lipinski definition) is 5. The molecule has 3 aromatic rings. The molecular formula is C31H40N4O7S. The number of nitriles is 1. The monoisotopic (exact) mass is 612 g/mol. The predicted molar refractivity (Wildman–Crippen MR) is 165 cm³/mol. The van der Waals surface area contributed by atoms with Crippen LogP contribution in [0.15, 0.2) is 53.4 Å². The van der Waals surface area contributed by atoms with Gasteiger partial charge in [-0.1, -0.05) is 32.0 Å². The molecule has 5 atom stereocenters. The number of sulfonamides is 1. The van der Waals surface area contributed by atoms with E-state index in [1.807, 2.05) is 16.7 Å². The number of aromatic nitrogens is 1. The van der Waals surface area contributed by atoms with Crippen LogP contribution in [0, 0.1) is 11.3 Å². The summed E-state index contributed by atoms with van der Waals surface area (Å²) in [6, 6.07) is 18.0. The number of nitrogens with zero attached hydrogens (tertiary/aromatic N) is 3. The maximum Gasteiger partial charge on any atom is 0.251 e. The SMILES string of the molecule is CCCN(CCC)c1ccc2cc(-c3ccc(/C(C)=C(\C#N)S(=O)(=O)NC[C@H]4OC(O)[C@H](O)[C@@H](O)[C@@H]4O)n3C)ccc2c1. The second-order valence-corrected chi connectivity index (χ2v) is 12.6. The molecule has 0 radical (unpaired) electrons. The van der Waals surface area contributed by atoms with E-state index in [2.05, 4.69) is 53.8 Å². The quantitative estimate of drug-likeness (QED) is 0.204. The van der Waals surface area contributed by atoms with Gasteiger partial charge in [0, 0.05) is 49.3 Å². The first kappa shape index (κ1) is 32.6. The van der Waals surface area contributed by atoms with Gasteiger partial charge in [0.05, 0.1) is 0 Å². The number of fused-ring (bicyclic) bond motifs is 1. The topological polar surface area (TPSA) is 168 Å². The fraction of sp³-hybridized carbons (Fsp3) is 0.452. The summed E-state index contributed by atoms with van der Waals surface area (Å²) in [6.07, 6.45) is -6.15. The number of aliphatic hydroxyl groups excluding tert-OH is 4. The molecule has 43 heavy (non-hydrogen) atoms. The Balaban J connectivity index is 1.58. The number of hydrogen-bond acceptors (Lipinski definition) is 9. The highest BCUT2D eigenvalue weighted by Crippen LogP contribution is 2.31. The average molecular weight is 613 g/mol. The second kappa shape index (κ2) is 13.6. The summed E-state index contributed by atoms with van der Waals surface area (Å²) in [5, 5.41) is 51.4. The number of aliphatic hydroxyl groups is 4. The molecule has 2 aromatic carbocycles. The van der Waals surface area contributed by atoms with Gasteiger partial charge in [0.25, 0.3) is 10.0 Å². The molecule has 11 nitrogen and oxygen atoms in total. The van der Waals surface area contributed by atoms with Crippen molar-refractivity contribution in [1.29, 1.82) is 5.26 Å². The number of benzene rings is 2. The van der Waals surface area contributed by atoms with Gasteiger partial charge in [0.1, 0.15) is 30.5 Å². The number of nitrogens with one attached hydrogen (secondary N) is 1. The van der Waals surface area contributed by atoms with Gasteiger partial charge >= 0.3 is 0 Å². The van der Waals surface area contributed by atoms with Crippen molar-refractivity contribution in [2.75, 3.05) is 24.5 Å². The number of rotatable bonds is 11. The molecule has 4 rings (SSSR count). The fourth-order valence-corrected chi connectivity index (χ4v) is 6.66. The maximum absolute atomic E-state index is 13.1. The van der Waals surface area contributed by atoms with Crippen LogP contribution in [0.2, 0.25) is 0 Å². The van der Waals surface area contributed by atoms with E-state index in [9.17, 15) is 34.1 Å². The van der Waals surface area contributed by atoms with Crippen molar-refractivity contribution >= 4 is 32.1 Å². The molecule has 232 valence electrons. The molecule has 2 heterocycles. The van der Waals surface area contributed by atoms with E-state index in [0.29, 0.717) is 5.69 Å². The van der Waals surface area contributed by atoms with Crippen LogP contribution in [0.25, 0.3) is 27.6 Å². The van der Waals surface area contributed by atoms with Crippen molar-refractivity contribution in [3.8, 4) is 17.3 Å². The van der Waals surface area contributed by atoms with Crippen LogP contribution >= 0.6 is 0 Å². The lowest BCUT2D eigenvalue weighted by atomic mass is 9.99. The number of allylic oxidation sites excluding steroid dienone is 2. The molecule has 1 aliphatic heterocycles. The van der Waals surface area contributed by atoms with Gasteiger partial charge in [-0.15, -0.1) is 0 Å². The number of anilines is 1. The second-order valence-electron chi connectivity index (χ2n) is 10.9. The molecule has 5 N–H and O–H groups in total. The largest absolute Gasteiger partial charge is 0.388 e. The highest BCUT2D eigenvalue weighted by Gasteiger charge is 2.43. The molecule has 1 fully saturated rings. The molecule has 1 aromatic heterocycles. The zero-order chi connectivity index (χ0) is 31.5. The molecule has 0 saturated carbocycles. The highest BCUT2D eigenvalue weighted by atomic mass is 32.2. The van der Waals surface area contributed by atoms with E-state index in [-0.39, 0.29) is 5.57 Å². The van der Waals surface area contributed by atoms with Crippen LogP contribution in [0.3, 0.4) is 0 Å². The Bertz CT molecular complexity index is 1620. The Kier molecular flexibility index (Phi) is 10.3. The van der Waals surface area contributed by atoms with Crippen molar-refractivity contribution in [3.05, 3.63) is 59.1 Å². The first-order valence-electron chi connectivity index (χ1n) is 14.4. The lowest BCUT2D eigenvalue weighted by molar-refractivity contribution is -0.279. The van der Waals surface area contributed by atoms with Crippen LogP contribution in [-0.2, 0) is 21.8 Å². The standard InChI is InChI=1S/C31H40N4O7S/c1-5-13-35(14-6-2)23-10-9-20-15-22(8-7-21(20)16-23)25-12-11-24(34(25)4)19(3)27(17-32)43(40,41)33-18-26-28(36)29(37)30(38)31(39)42-26/h7-12,15-16,26,28-31,33,36-39H,5-6,13-14,18H2,1-4H3/b27-19+/t26-,28-,29+,30-,31?/m1/s1. The summed E-state index contributed by atoms with van der Waals surface area (Å²) in [5.41, 5.74) is 3.69. The van der Waals surface area contributed by atoms with Gasteiger partial charge in [-0.3, -0.25) is 0 Å². The van der Waals surface area contributed by atoms with E-state index in [1.165, 1.54) is 12.6 Å². The Labute approximate surface area is 252 Å². The van der Waals surface area contributed by atoms with Gasteiger partial charge in [-0.05, 0) is 66.4 Å². The highest BCUT2D eigenvalue weighted by molar-refractivity contribution is 7.93. The molecule has 0 bridgehead atoms. The van der Waals surface area contributed by atoms with Gasteiger partial charge in [0.15, 0.2) is 11.2 Å².